The Kier molecular flexibility index (Phi) is 4.45. The standard InChI is InChI=1S/C16H21N5O2/c1-12-5-3-7-14(23-2)15(12)19-16(22)20-8-4-6-13(9-20)21-11-17-10-18-21/h3,5,7,10-11,13H,4,6,8-9H2,1-2H3,(H,19,22). The van der Waals surface area contributed by atoms with Crippen molar-refractivity contribution >= 4 is 11.7 Å². The molecular weight excluding hydrogens is 294 g/mol. The highest BCUT2D eigenvalue weighted by Gasteiger charge is 2.26. The molecule has 7 nitrogen and oxygen atoms in total. The van der Waals surface area contributed by atoms with Crippen LogP contribution in [-0.4, -0.2) is 45.9 Å². The van der Waals surface area contributed by atoms with Crippen LogP contribution in [0.15, 0.2) is 30.9 Å². The van der Waals surface area contributed by atoms with Gasteiger partial charge in [0, 0.05) is 13.1 Å². The fraction of sp³-hybridized carbons (Fsp3) is 0.438. The number of anilines is 1. The Morgan fingerprint density at radius 3 is 3.04 bits per heavy atom. The van der Waals surface area contributed by atoms with Gasteiger partial charge in [0.1, 0.15) is 18.4 Å². The Labute approximate surface area is 135 Å². The highest BCUT2D eigenvalue weighted by molar-refractivity contribution is 5.92. The van der Waals surface area contributed by atoms with E-state index in [0.717, 1.165) is 30.6 Å². The molecule has 1 fully saturated rings. The van der Waals surface area contributed by atoms with Crippen LogP contribution in [-0.2, 0) is 0 Å². The highest BCUT2D eigenvalue weighted by Crippen LogP contribution is 2.28. The van der Waals surface area contributed by atoms with E-state index in [-0.39, 0.29) is 12.1 Å². The number of amides is 2. The third-order valence-electron chi connectivity index (χ3n) is 4.18. The van der Waals surface area contributed by atoms with Gasteiger partial charge in [0.15, 0.2) is 0 Å². The van der Waals surface area contributed by atoms with Crippen molar-refractivity contribution in [3.63, 3.8) is 0 Å². The quantitative estimate of drug-likeness (QED) is 0.944. The third-order valence-corrected chi connectivity index (χ3v) is 4.18. The maximum atomic E-state index is 12.6. The van der Waals surface area contributed by atoms with Crippen molar-refractivity contribution in [3.8, 4) is 5.75 Å². The molecule has 2 aromatic rings. The van der Waals surface area contributed by atoms with Crippen LogP contribution in [0.2, 0.25) is 0 Å². The van der Waals surface area contributed by atoms with Crippen molar-refractivity contribution in [3.05, 3.63) is 36.4 Å². The Balaban J connectivity index is 1.71. The number of piperidine rings is 1. The van der Waals surface area contributed by atoms with Crippen molar-refractivity contribution in [2.45, 2.75) is 25.8 Å². The van der Waals surface area contributed by atoms with Crippen LogP contribution in [0, 0.1) is 6.92 Å². The number of ether oxygens (including phenoxy) is 1. The van der Waals surface area contributed by atoms with Gasteiger partial charge in [0.2, 0.25) is 0 Å². The molecule has 1 N–H and O–H groups in total. The molecule has 1 aromatic heterocycles. The number of likely N-dealkylation sites (tertiary alicyclic amines) is 1. The fourth-order valence-corrected chi connectivity index (χ4v) is 2.92. The third kappa shape index (κ3) is 3.28. The number of nitrogens with zero attached hydrogens (tertiary/aromatic N) is 4. The van der Waals surface area contributed by atoms with Gasteiger partial charge in [-0.15, -0.1) is 0 Å². The Hall–Kier alpha value is -2.57. The number of para-hydroxylation sites is 1. The molecule has 1 aliphatic rings. The Morgan fingerprint density at radius 1 is 1.43 bits per heavy atom. The van der Waals surface area contributed by atoms with Gasteiger partial charge in [-0.3, -0.25) is 0 Å². The number of aryl methyl sites for hydroxylation is 1. The molecule has 0 saturated carbocycles. The van der Waals surface area contributed by atoms with Crippen LogP contribution < -0.4 is 10.1 Å². The zero-order valence-electron chi connectivity index (χ0n) is 13.4. The van der Waals surface area contributed by atoms with Crippen LogP contribution in [0.25, 0.3) is 0 Å². The first kappa shape index (κ1) is 15.3. The van der Waals surface area contributed by atoms with Crippen molar-refractivity contribution in [1.29, 1.82) is 0 Å². The van der Waals surface area contributed by atoms with E-state index in [9.17, 15) is 4.79 Å². The summed E-state index contributed by atoms with van der Waals surface area (Å²) in [6.45, 7) is 3.32. The van der Waals surface area contributed by atoms with E-state index in [2.05, 4.69) is 15.4 Å². The van der Waals surface area contributed by atoms with Gasteiger partial charge in [-0.1, -0.05) is 12.1 Å². The Morgan fingerprint density at radius 2 is 2.30 bits per heavy atom. The average Bonchev–Trinajstić information content (AvgIpc) is 3.11. The zero-order valence-corrected chi connectivity index (χ0v) is 13.4. The van der Waals surface area contributed by atoms with Crippen LogP contribution in [0.1, 0.15) is 24.4 Å². The number of carbonyl (C=O) groups excluding carboxylic acids is 1. The number of rotatable bonds is 3. The molecule has 1 saturated heterocycles. The van der Waals surface area contributed by atoms with E-state index < -0.39 is 0 Å². The molecule has 3 rings (SSSR count). The molecule has 122 valence electrons. The molecule has 0 bridgehead atoms. The molecule has 0 spiro atoms. The van der Waals surface area contributed by atoms with Crippen molar-refractivity contribution in [2.75, 3.05) is 25.5 Å². The van der Waals surface area contributed by atoms with E-state index in [1.807, 2.05) is 34.7 Å². The fourth-order valence-electron chi connectivity index (χ4n) is 2.92. The van der Waals surface area contributed by atoms with Gasteiger partial charge in [-0.25, -0.2) is 14.5 Å². The van der Waals surface area contributed by atoms with Crippen molar-refractivity contribution < 1.29 is 9.53 Å². The Bertz CT molecular complexity index is 671. The molecule has 1 aromatic carbocycles. The molecule has 7 heteroatoms. The van der Waals surface area contributed by atoms with E-state index >= 15 is 0 Å². The monoisotopic (exact) mass is 315 g/mol. The minimum absolute atomic E-state index is 0.109. The molecule has 1 atom stereocenters. The second-order valence-electron chi connectivity index (χ2n) is 5.70. The predicted octanol–water partition coefficient (Wildman–Crippen LogP) is 2.46. The largest absolute Gasteiger partial charge is 0.495 e. The van der Waals surface area contributed by atoms with E-state index in [0.29, 0.717) is 12.3 Å². The summed E-state index contributed by atoms with van der Waals surface area (Å²) in [5.41, 5.74) is 1.70. The lowest BCUT2D eigenvalue weighted by Crippen LogP contribution is -2.43. The lowest BCUT2D eigenvalue weighted by Gasteiger charge is -2.32. The summed E-state index contributed by atoms with van der Waals surface area (Å²) in [6, 6.07) is 5.77. The molecule has 23 heavy (non-hydrogen) atoms. The maximum Gasteiger partial charge on any atom is 0.322 e. The SMILES string of the molecule is COc1cccc(C)c1NC(=O)N1CCCC(n2cncn2)C1. The molecule has 1 unspecified atom stereocenters. The highest BCUT2D eigenvalue weighted by atomic mass is 16.5. The first-order valence-corrected chi connectivity index (χ1v) is 7.72. The number of hydrogen-bond donors (Lipinski definition) is 1. The predicted molar refractivity (Wildman–Crippen MR) is 86.6 cm³/mol. The summed E-state index contributed by atoms with van der Waals surface area (Å²) in [5, 5.41) is 7.17. The van der Waals surface area contributed by atoms with Gasteiger partial charge in [-0.05, 0) is 31.4 Å². The number of methoxy groups -OCH3 is 1. The van der Waals surface area contributed by atoms with Gasteiger partial charge in [0.25, 0.3) is 0 Å². The summed E-state index contributed by atoms with van der Waals surface area (Å²) >= 11 is 0. The molecule has 0 radical (unpaired) electrons. The van der Waals surface area contributed by atoms with Crippen molar-refractivity contribution in [2.24, 2.45) is 0 Å². The second kappa shape index (κ2) is 6.68. The van der Waals surface area contributed by atoms with Gasteiger partial charge >= 0.3 is 6.03 Å². The number of carbonyl (C=O) groups is 1. The molecule has 1 aliphatic heterocycles. The van der Waals surface area contributed by atoms with E-state index in [4.69, 9.17) is 4.74 Å². The number of aromatic nitrogens is 3. The molecular formula is C16H21N5O2. The second-order valence-corrected chi connectivity index (χ2v) is 5.70. The lowest BCUT2D eigenvalue weighted by molar-refractivity contribution is 0.174. The molecule has 2 heterocycles. The maximum absolute atomic E-state index is 12.6. The van der Waals surface area contributed by atoms with Gasteiger partial charge in [0.05, 0.1) is 18.8 Å². The lowest BCUT2D eigenvalue weighted by atomic mass is 10.1. The van der Waals surface area contributed by atoms with Crippen LogP contribution in [0.5, 0.6) is 5.75 Å². The van der Waals surface area contributed by atoms with Crippen LogP contribution in [0.4, 0.5) is 10.5 Å². The zero-order chi connectivity index (χ0) is 16.2. The topological polar surface area (TPSA) is 72.3 Å². The number of urea groups is 1. The normalized spacial score (nSPS) is 17.8. The molecule has 2 amide bonds. The summed E-state index contributed by atoms with van der Waals surface area (Å²) in [6.07, 6.45) is 5.18. The number of nitrogens with one attached hydrogen (secondary N) is 1. The summed E-state index contributed by atoms with van der Waals surface area (Å²) in [7, 11) is 1.60. The summed E-state index contributed by atoms with van der Waals surface area (Å²) in [5.74, 6) is 0.670. The van der Waals surface area contributed by atoms with Gasteiger partial charge in [-0.2, -0.15) is 5.10 Å². The number of hydrogen-bond acceptors (Lipinski definition) is 4. The minimum atomic E-state index is -0.109. The summed E-state index contributed by atoms with van der Waals surface area (Å²) < 4.78 is 7.17. The smallest absolute Gasteiger partial charge is 0.322 e. The molecule has 0 aliphatic carbocycles. The van der Waals surface area contributed by atoms with E-state index in [1.165, 1.54) is 6.33 Å². The first-order valence-electron chi connectivity index (χ1n) is 7.72. The minimum Gasteiger partial charge on any atom is -0.495 e. The number of benzene rings is 1. The first-order chi connectivity index (χ1) is 11.2. The van der Waals surface area contributed by atoms with Gasteiger partial charge < -0.3 is 15.0 Å². The van der Waals surface area contributed by atoms with Crippen molar-refractivity contribution in [1.82, 2.24) is 19.7 Å². The average molecular weight is 315 g/mol. The van der Waals surface area contributed by atoms with Crippen LogP contribution >= 0.6 is 0 Å². The summed E-state index contributed by atoms with van der Waals surface area (Å²) in [4.78, 5) is 18.4. The van der Waals surface area contributed by atoms with E-state index in [1.54, 1.807) is 13.4 Å². The van der Waals surface area contributed by atoms with Crippen LogP contribution in [0.3, 0.4) is 0 Å².